The minimum atomic E-state index is -1.21. The Hall–Kier alpha value is -3.33. The number of nitrogens with zero attached hydrogens (tertiary/aromatic N) is 10. The highest BCUT2D eigenvalue weighted by molar-refractivity contribution is 8.01. The number of carbonyl (C=O) groups is 3. The van der Waals surface area contributed by atoms with Crippen LogP contribution in [0.1, 0.15) is 37.9 Å². The van der Waals surface area contributed by atoms with E-state index in [4.69, 9.17) is 10.6 Å². The molecule has 1 aliphatic carbocycles. The van der Waals surface area contributed by atoms with Gasteiger partial charge in [0.1, 0.15) is 23.2 Å². The first-order valence-corrected chi connectivity index (χ1v) is 17.9. The van der Waals surface area contributed by atoms with Crippen molar-refractivity contribution < 1.29 is 24.3 Å². The van der Waals surface area contributed by atoms with E-state index < -0.39 is 29.2 Å². The van der Waals surface area contributed by atoms with E-state index in [0.29, 0.717) is 28.8 Å². The van der Waals surface area contributed by atoms with Crippen LogP contribution in [0.3, 0.4) is 0 Å². The van der Waals surface area contributed by atoms with Gasteiger partial charge in [-0.25, -0.2) is 9.48 Å². The maximum Gasteiger partial charge on any atom is 0.352 e. The summed E-state index contributed by atoms with van der Waals surface area (Å²) in [7, 11) is 2.13. The van der Waals surface area contributed by atoms with Crippen LogP contribution in [0.4, 0.5) is 5.13 Å². The molecule has 17 nitrogen and oxygen atoms in total. The van der Waals surface area contributed by atoms with Crippen molar-refractivity contribution in [1.29, 1.82) is 0 Å². The molecule has 3 aliphatic heterocycles. The number of aryl methyl sites for hydroxylation is 1. The lowest BCUT2D eigenvalue weighted by atomic mass is 10.0. The maximum atomic E-state index is 13.3. The van der Waals surface area contributed by atoms with Crippen LogP contribution in [0.15, 0.2) is 21.6 Å². The van der Waals surface area contributed by atoms with Gasteiger partial charge in [0.2, 0.25) is 16.7 Å². The Kier molecular flexibility index (Phi) is 10.4. The Morgan fingerprint density at radius 2 is 1.98 bits per heavy atom. The molecule has 0 radical (unpaired) electrons. The molecule has 0 bridgehead atoms. The molecule has 3 fully saturated rings. The smallest absolute Gasteiger partial charge is 0.352 e. The number of nitrogens with one attached hydrogen (secondary N) is 1. The van der Waals surface area contributed by atoms with Gasteiger partial charge in [0.05, 0.1) is 0 Å². The molecule has 2 amide bonds. The van der Waals surface area contributed by atoms with Crippen LogP contribution in [-0.4, -0.2) is 142 Å². The molecule has 46 heavy (non-hydrogen) atoms. The fourth-order valence-electron chi connectivity index (χ4n) is 5.75. The molecular formula is C26H36N12O5S3. The van der Waals surface area contributed by atoms with Gasteiger partial charge >= 0.3 is 5.97 Å². The van der Waals surface area contributed by atoms with Crippen molar-refractivity contribution in [1.82, 2.24) is 49.6 Å². The molecule has 6 rings (SSSR count). The highest BCUT2D eigenvalue weighted by Gasteiger charge is 2.54. The number of nitrogens with two attached hydrogens (primary N) is 1. The number of rotatable bonds is 13. The molecule has 20 heteroatoms. The molecule has 4 aliphatic rings. The Bertz CT molecular complexity index is 1500. The van der Waals surface area contributed by atoms with Gasteiger partial charge in [-0.15, -0.1) is 16.9 Å². The fraction of sp³-hybridized carbons (Fsp3) is 0.654. The Morgan fingerprint density at radius 1 is 1.20 bits per heavy atom. The molecule has 1 unspecified atom stereocenters. The standard InChI is InChI=1S/C26H36N12O5S3/c1-35-9-11-36(12-10-35)7-4-8-37-26(30-33-34-37)45-14-15-13-44-23-18(22(40)38(23)19(15)24(41)42)28-21(39)17(20-29-25(27)46-32-20)31-43-16-5-2-3-6-16/h16,18,23H,2-14H2,1H3,(H,28,39)(H,41,42)(H2,27,29,32)/b31-17-/t18?,23-/m1/s1. The number of aromatic nitrogens is 6. The number of oxime groups is 1. The largest absolute Gasteiger partial charge is 0.477 e. The molecule has 4 N–H and O–H groups in total. The van der Waals surface area contributed by atoms with Crippen molar-refractivity contribution in [2.24, 2.45) is 5.16 Å². The summed E-state index contributed by atoms with van der Waals surface area (Å²) in [4.78, 5) is 54.7. The van der Waals surface area contributed by atoms with Crippen LogP contribution in [-0.2, 0) is 25.8 Å². The number of likely N-dealkylation sites (N-methyl/N-ethyl adjacent to an activating group) is 1. The maximum absolute atomic E-state index is 13.3. The molecule has 2 atom stereocenters. The fourth-order valence-corrected chi connectivity index (χ4v) is 8.57. The summed E-state index contributed by atoms with van der Waals surface area (Å²) in [6, 6.07) is -0.957. The van der Waals surface area contributed by atoms with Gasteiger partial charge < -0.3 is 30.8 Å². The minimum Gasteiger partial charge on any atom is -0.477 e. The Balaban J connectivity index is 1.07. The van der Waals surface area contributed by atoms with Crippen molar-refractivity contribution >= 4 is 63.7 Å². The van der Waals surface area contributed by atoms with Gasteiger partial charge in [-0.3, -0.25) is 14.5 Å². The van der Waals surface area contributed by atoms with Crippen molar-refractivity contribution in [3.05, 3.63) is 17.1 Å². The summed E-state index contributed by atoms with van der Waals surface area (Å²) in [5, 5.41) is 29.1. The number of carboxylic acid groups (broad SMARTS) is 1. The second kappa shape index (κ2) is 14.6. The zero-order valence-electron chi connectivity index (χ0n) is 25.3. The average molecular weight is 693 g/mol. The van der Waals surface area contributed by atoms with Gasteiger partial charge in [0.15, 0.2) is 5.13 Å². The van der Waals surface area contributed by atoms with Gasteiger partial charge in [-0.05, 0) is 55.2 Å². The Labute approximate surface area is 277 Å². The number of tetrazole rings is 1. The van der Waals surface area contributed by atoms with Crippen molar-refractivity contribution in [3.8, 4) is 0 Å². The lowest BCUT2D eigenvalue weighted by Gasteiger charge is -2.49. The summed E-state index contributed by atoms with van der Waals surface area (Å²) < 4.78 is 5.83. The third-order valence-corrected chi connectivity index (χ3v) is 11.2. The molecule has 2 saturated heterocycles. The molecule has 0 spiro atoms. The minimum absolute atomic E-state index is 0.00465. The summed E-state index contributed by atoms with van der Waals surface area (Å²) in [6.07, 6.45) is 4.47. The molecule has 2 aromatic heterocycles. The number of β-lactam (4-membered cyclic amide) rings is 1. The predicted molar refractivity (Wildman–Crippen MR) is 171 cm³/mol. The second-order valence-corrected chi connectivity index (χ2v) is 14.3. The van der Waals surface area contributed by atoms with E-state index in [2.05, 4.69) is 52.2 Å². The van der Waals surface area contributed by atoms with Crippen LogP contribution in [0.25, 0.3) is 0 Å². The van der Waals surface area contributed by atoms with Crippen LogP contribution in [0.5, 0.6) is 0 Å². The molecule has 248 valence electrons. The van der Waals surface area contributed by atoms with E-state index in [-0.39, 0.29) is 28.5 Å². The van der Waals surface area contributed by atoms with Crippen molar-refractivity contribution in [2.45, 2.75) is 61.3 Å². The number of anilines is 1. The van der Waals surface area contributed by atoms with E-state index >= 15 is 0 Å². The third-order valence-electron chi connectivity index (χ3n) is 8.31. The van der Waals surface area contributed by atoms with Crippen LogP contribution in [0, 0.1) is 0 Å². The molecule has 2 aromatic rings. The number of carbonyl (C=O) groups excluding carboxylic acids is 2. The van der Waals surface area contributed by atoms with Crippen molar-refractivity contribution in [2.75, 3.05) is 57.0 Å². The Morgan fingerprint density at radius 3 is 2.70 bits per heavy atom. The third kappa shape index (κ3) is 7.29. The SMILES string of the molecule is CN1CCN(CCCn2nnnc2SCC2=C(C(=O)O)N3C(=O)C(NC(=O)/C(=N\OC4CCCC4)c4nsc(N)n4)[C@H]3SC2)CC1. The van der Waals surface area contributed by atoms with Crippen LogP contribution < -0.4 is 11.1 Å². The number of thioether (sulfide) groups is 2. The lowest BCUT2D eigenvalue weighted by molar-refractivity contribution is -0.150. The van der Waals surface area contributed by atoms with E-state index in [1.54, 1.807) is 4.68 Å². The number of hydrogen-bond acceptors (Lipinski definition) is 16. The molecule has 5 heterocycles. The monoisotopic (exact) mass is 692 g/mol. The number of nitrogen functional groups attached to an aromatic ring is 1. The highest BCUT2D eigenvalue weighted by Crippen LogP contribution is 2.41. The van der Waals surface area contributed by atoms with Gasteiger partial charge in [-0.1, -0.05) is 16.9 Å². The zero-order valence-corrected chi connectivity index (χ0v) is 27.7. The van der Waals surface area contributed by atoms with Gasteiger partial charge in [0.25, 0.3) is 11.8 Å². The highest BCUT2D eigenvalue weighted by atomic mass is 32.2. The number of piperazine rings is 1. The lowest BCUT2D eigenvalue weighted by Crippen LogP contribution is -2.71. The average Bonchev–Trinajstić information content (AvgIpc) is 3.82. The number of aliphatic carboxylic acids is 1. The van der Waals surface area contributed by atoms with Gasteiger partial charge in [0, 0.05) is 62.3 Å². The number of carboxylic acids is 1. The van der Waals surface area contributed by atoms with E-state index in [0.717, 1.165) is 76.4 Å². The topological polar surface area (TPSA) is 210 Å². The normalized spacial score (nSPS) is 23.0. The zero-order chi connectivity index (χ0) is 32.2. The van der Waals surface area contributed by atoms with E-state index in [9.17, 15) is 19.5 Å². The quantitative estimate of drug-likeness (QED) is 0.109. The summed E-state index contributed by atoms with van der Waals surface area (Å²) in [5.41, 5.74) is 6.06. The van der Waals surface area contributed by atoms with Crippen LogP contribution >= 0.6 is 35.1 Å². The summed E-state index contributed by atoms with van der Waals surface area (Å²) >= 11 is 3.63. The van der Waals surface area contributed by atoms with E-state index in [1.165, 1.54) is 28.4 Å². The molecular weight excluding hydrogens is 657 g/mol. The predicted octanol–water partition coefficient (Wildman–Crippen LogP) is -0.0615. The molecule has 1 saturated carbocycles. The van der Waals surface area contributed by atoms with E-state index in [1.807, 2.05) is 0 Å². The molecule has 0 aromatic carbocycles. The van der Waals surface area contributed by atoms with Crippen LogP contribution in [0.2, 0.25) is 0 Å². The summed E-state index contributed by atoms with van der Waals surface area (Å²) in [6.45, 7) is 5.80. The van der Waals surface area contributed by atoms with Crippen molar-refractivity contribution in [3.63, 3.8) is 0 Å². The first-order valence-electron chi connectivity index (χ1n) is 15.1. The second-order valence-electron chi connectivity index (χ2n) is 11.5. The summed E-state index contributed by atoms with van der Waals surface area (Å²) in [5.74, 6) is -1.77. The number of fused-ring (bicyclic) bond motifs is 1. The van der Waals surface area contributed by atoms with Gasteiger partial charge in [-0.2, -0.15) is 9.36 Å². The number of hydrogen-bond donors (Lipinski definition) is 3. The number of amides is 2. The first-order chi connectivity index (χ1) is 22.3. The first kappa shape index (κ1) is 32.6.